The van der Waals surface area contributed by atoms with Gasteiger partial charge >= 0.3 is 6.09 Å². The lowest BCUT2D eigenvalue weighted by molar-refractivity contribution is -0.124. The Morgan fingerprint density at radius 2 is 1.56 bits per heavy atom. The van der Waals surface area contributed by atoms with Gasteiger partial charge in [-0.3, -0.25) is 9.59 Å². The van der Waals surface area contributed by atoms with Crippen LogP contribution in [-0.2, 0) is 22.7 Å². The zero-order valence-corrected chi connectivity index (χ0v) is 20.1. The van der Waals surface area contributed by atoms with Gasteiger partial charge in [-0.2, -0.15) is 0 Å². The molecule has 3 amide bonds. The molecule has 1 atom stereocenters. The summed E-state index contributed by atoms with van der Waals surface area (Å²) in [5.74, 6) is -0.376. The predicted octanol–water partition coefficient (Wildman–Crippen LogP) is 2.64. The Morgan fingerprint density at radius 3 is 2.18 bits per heavy atom. The number of piperazine rings is 1. The summed E-state index contributed by atoms with van der Waals surface area (Å²) in [4.78, 5) is 41.7. The van der Waals surface area contributed by atoms with Crippen molar-refractivity contribution in [1.29, 1.82) is 0 Å². The fourth-order valence-corrected chi connectivity index (χ4v) is 3.68. The van der Waals surface area contributed by atoms with E-state index in [1.165, 1.54) is 0 Å². The molecule has 0 aromatic heterocycles. The van der Waals surface area contributed by atoms with Gasteiger partial charge in [-0.1, -0.05) is 56.3 Å². The Bertz CT molecular complexity index is 955. The normalized spacial score (nSPS) is 15.0. The van der Waals surface area contributed by atoms with Gasteiger partial charge in [0.25, 0.3) is 5.91 Å². The third-order valence-electron chi connectivity index (χ3n) is 5.89. The Morgan fingerprint density at radius 1 is 0.912 bits per heavy atom. The Kier molecular flexibility index (Phi) is 9.04. The van der Waals surface area contributed by atoms with Crippen LogP contribution in [0.5, 0.6) is 0 Å². The number of benzene rings is 2. The SMILES string of the molecule is CC(C)[C@H](NC(=O)OCc1ccccc1)C(=O)NCc1ccc(C(=O)N2CCN(C)CC2)cc1. The van der Waals surface area contributed by atoms with Gasteiger partial charge in [0.05, 0.1) is 0 Å². The molecule has 1 aliphatic rings. The van der Waals surface area contributed by atoms with Crippen LogP contribution in [0, 0.1) is 5.92 Å². The van der Waals surface area contributed by atoms with Crippen LogP contribution in [0.2, 0.25) is 0 Å². The van der Waals surface area contributed by atoms with E-state index in [-0.39, 0.29) is 24.3 Å². The Hall–Kier alpha value is -3.39. The van der Waals surface area contributed by atoms with Crippen LogP contribution in [0.3, 0.4) is 0 Å². The van der Waals surface area contributed by atoms with Gasteiger partial charge in [0.15, 0.2) is 0 Å². The molecule has 2 aromatic rings. The average Bonchev–Trinajstić information content (AvgIpc) is 2.85. The third kappa shape index (κ3) is 7.31. The van der Waals surface area contributed by atoms with Crippen LogP contribution in [-0.4, -0.2) is 67.0 Å². The summed E-state index contributed by atoms with van der Waals surface area (Å²) in [5, 5.41) is 5.53. The lowest BCUT2D eigenvalue weighted by Crippen LogP contribution is -2.49. The van der Waals surface area contributed by atoms with E-state index in [2.05, 4.69) is 22.6 Å². The number of ether oxygens (including phenoxy) is 1. The molecule has 2 N–H and O–H groups in total. The summed E-state index contributed by atoms with van der Waals surface area (Å²) in [6.45, 7) is 7.36. The largest absolute Gasteiger partial charge is 0.445 e. The molecule has 8 nitrogen and oxygen atoms in total. The monoisotopic (exact) mass is 466 g/mol. The van der Waals surface area contributed by atoms with Crippen molar-refractivity contribution in [3.8, 4) is 0 Å². The maximum absolute atomic E-state index is 12.7. The molecule has 1 heterocycles. The van der Waals surface area contributed by atoms with E-state index in [1.807, 2.05) is 61.2 Å². The smallest absolute Gasteiger partial charge is 0.408 e. The number of carbonyl (C=O) groups is 3. The highest BCUT2D eigenvalue weighted by Gasteiger charge is 2.25. The summed E-state index contributed by atoms with van der Waals surface area (Å²) < 4.78 is 5.24. The lowest BCUT2D eigenvalue weighted by atomic mass is 10.0. The maximum atomic E-state index is 12.7. The topological polar surface area (TPSA) is 91.0 Å². The molecule has 2 aromatic carbocycles. The van der Waals surface area contributed by atoms with Crippen molar-refractivity contribution >= 4 is 17.9 Å². The number of likely N-dealkylation sites (N-methyl/N-ethyl adjacent to an activating group) is 1. The van der Waals surface area contributed by atoms with E-state index in [4.69, 9.17) is 4.74 Å². The number of carbonyl (C=O) groups excluding carboxylic acids is 3. The minimum Gasteiger partial charge on any atom is -0.445 e. The zero-order valence-electron chi connectivity index (χ0n) is 20.1. The van der Waals surface area contributed by atoms with Crippen LogP contribution < -0.4 is 10.6 Å². The van der Waals surface area contributed by atoms with Crippen molar-refractivity contribution in [2.75, 3.05) is 33.2 Å². The molecule has 0 bridgehead atoms. The van der Waals surface area contributed by atoms with E-state index in [9.17, 15) is 14.4 Å². The minimum atomic E-state index is -0.721. The minimum absolute atomic E-state index is 0.0294. The standard InChI is InChI=1S/C26H34N4O4/c1-19(2)23(28-26(33)34-18-21-7-5-4-6-8-21)24(31)27-17-20-9-11-22(12-10-20)25(32)30-15-13-29(3)14-16-30/h4-12,19,23H,13-18H2,1-3H3,(H,27,31)(H,28,33)/t23-/m0/s1. The van der Waals surface area contributed by atoms with Crippen LogP contribution >= 0.6 is 0 Å². The van der Waals surface area contributed by atoms with Gasteiger partial charge in [0.2, 0.25) is 5.91 Å². The fourth-order valence-electron chi connectivity index (χ4n) is 3.68. The van der Waals surface area contributed by atoms with Crippen LogP contribution in [0.1, 0.15) is 35.3 Å². The van der Waals surface area contributed by atoms with Gasteiger partial charge in [0, 0.05) is 38.3 Å². The van der Waals surface area contributed by atoms with E-state index in [0.717, 1.165) is 37.3 Å². The van der Waals surface area contributed by atoms with Gasteiger partial charge in [-0.25, -0.2) is 4.79 Å². The van der Waals surface area contributed by atoms with E-state index < -0.39 is 12.1 Å². The van der Waals surface area contributed by atoms with Crippen LogP contribution in [0.4, 0.5) is 4.79 Å². The maximum Gasteiger partial charge on any atom is 0.408 e. The number of hydrogen-bond donors (Lipinski definition) is 2. The first-order valence-electron chi connectivity index (χ1n) is 11.6. The first-order valence-corrected chi connectivity index (χ1v) is 11.6. The summed E-state index contributed by atoms with van der Waals surface area (Å²) in [7, 11) is 2.05. The molecule has 3 rings (SSSR count). The van der Waals surface area contributed by atoms with Crippen molar-refractivity contribution in [1.82, 2.24) is 20.4 Å². The van der Waals surface area contributed by atoms with Crippen molar-refractivity contribution in [2.24, 2.45) is 5.92 Å². The van der Waals surface area contributed by atoms with Crippen molar-refractivity contribution in [2.45, 2.75) is 33.0 Å². The molecule has 1 fully saturated rings. The number of alkyl carbamates (subject to hydrolysis) is 1. The Labute approximate surface area is 201 Å². The molecule has 182 valence electrons. The van der Waals surface area contributed by atoms with Gasteiger partial charge in [-0.05, 0) is 36.2 Å². The number of nitrogens with zero attached hydrogens (tertiary/aromatic N) is 2. The van der Waals surface area contributed by atoms with Crippen molar-refractivity contribution in [3.63, 3.8) is 0 Å². The second-order valence-electron chi connectivity index (χ2n) is 8.94. The molecule has 0 radical (unpaired) electrons. The number of amides is 3. The Balaban J connectivity index is 1.48. The molecule has 0 spiro atoms. The third-order valence-corrected chi connectivity index (χ3v) is 5.89. The average molecular weight is 467 g/mol. The summed E-state index contributed by atoms with van der Waals surface area (Å²) in [6, 6.07) is 15.9. The molecule has 0 aliphatic carbocycles. The van der Waals surface area contributed by atoms with Crippen molar-refractivity contribution < 1.29 is 19.1 Å². The molecule has 0 unspecified atom stereocenters. The molecule has 1 aliphatic heterocycles. The molecule has 0 saturated carbocycles. The second-order valence-corrected chi connectivity index (χ2v) is 8.94. The van der Waals surface area contributed by atoms with Crippen LogP contribution in [0.25, 0.3) is 0 Å². The van der Waals surface area contributed by atoms with Crippen molar-refractivity contribution in [3.05, 3.63) is 71.3 Å². The van der Waals surface area contributed by atoms with E-state index in [0.29, 0.717) is 12.1 Å². The summed E-state index contributed by atoms with van der Waals surface area (Å²) in [6.07, 6.45) is -0.635. The molecule has 34 heavy (non-hydrogen) atoms. The van der Waals surface area contributed by atoms with Gasteiger partial charge in [0.1, 0.15) is 12.6 Å². The summed E-state index contributed by atoms with van der Waals surface area (Å²) in [5.41, 5.74) is 2.39. The second kappa shape index (κ2) is 12.2. The predicted molar refractivity (Wildman–Crippen MR) is 130 cm³/mol. The summed E-state index contributed by atoms with van der Waals surface area (Å²) >= 11 is 0. The zero-order chi connectivity index (χ0) is 24.5. The fraction of sp³-hybridized carbons (Fsp3) is 0.423. The molecule has 8 heteroatoms. The first kappa shape index (κ1) is 25.2. The van der Waals surface area contributed by atoms with Gasteiger partial charge < -0.3 is 25.2 Å². The number of rotatable bonds is 8. The molecular formula is C26H34N4O4. The number of nitrogens with one attached hydrogen (secondary N) is 2. The quantitative estimate of drug-likeness (QED) is 0.624. The van der Waals surface area contributed by atoms with E-state index in [1.54, 1.807) is 12.1 Å². The van der Waals surface area contributed by atoms with Crippen LogP contribution in [0.15, 0.2) is 54.6 Å². The van der Waals surface area contributed by atoms with Gasteiger partial charge in [-0.15, -0.1) is 0 Å². The number of hydrogen-bond acceptors (Lipinski definition) is 5. The lowest BCUT2D eigenvalue weighted by Gasteiger charge is -2.32. The highest BCUT2D eigenvalue weighted by atomic mass is 16.5. The first-order chi connectivity index (χ1) is 16.3. The highest BCUT2D eigenvalue weighted by molar-refractivity contribution is 5.94. The highest BCUT2D eigenvalue weighted by Crippen LogP contribution is 2.11. The molecular weight excluding hydrogens is 432 g/mol. The van der Waals surface area contributed by atoms with E-state index >= 15 is 0 Å². The molecule has 1 saturated heterocycles.